The second-order valence-corrected chi connectivity index (χ2v) is 8.36. The molecular weight excluding hydrogens is 372 g/mol. The van der Waals surface area contributed by atoms with Crippen LogP contribution in [0.2, 0.25) is 0 Å². The Balaban J connectivity index is 1.61. The number of ether oxygens (including phenoxy) is 1. The Morgan fingerprint density at radius 3 is 2.54 bits per heavy atom. The number of rotatable bonds is 4. The molecule has 1 atom stereocenters. The van der Waals surface area contributed by atoms with Crippen LogP contribution in [0.15, 0.2) is 53.4 Å². The number of nitrogens with zero attached hydrogens (tertiary/aromatic N) is 2. The van der Waals surface area contributed by atoms with E-state index in [0.717, 1.165) is 47.8 Å². The normalized spacial score (nSPS) is 19.3. The maximum atomic E-state index is 13.2. The van der Waals surface area contributed by atoms with Gasteiger partial charge in [0.25, 0.3) is 0 Å². The summed E-state index contributed by atoms with van der Waals surface area (Å²) in [5.74, 6) is 0.825. The predicted octanol–water partition coefficient (Wildman–Crippen LogP) is 3.89. The van der Waals surface area contributed by atoms with E-state index < -0.39 is 0 Å². The number of hydrogen-bond donors (Lipinski definition) is 0. The Bertz CT molecular complexity index is 862. The van der Waals surface area contributed by atoms with Gasteiger partial charge in [-0.25, -0.2) is 0 Å². The third-order valence-corrected chi connectivity index (χ3v) is 6.65. The molecule has 0 bridgehead atoms. The molecule has 0 N–H and O–H groups in total. The zero-order valence-corrected chi connectivity index (χ0v) is 16.8. The van der Waals surface area contributed by atoms with Crippen LogP contribution in [-0.4, -0.2) is 43.5 Å². The highest BCUT2D eigenvalue weighted by Crippen LogP contribution is 2.45. The van der Waals surface area contributed by atoms with E-state index in [2.05, 4.69) is 0 Å². The number of fused-ring (bicyclic) bond motifs is 1. The molecule has 0 saturated carbocycles. The standard InChI is InChI=1S/C22H24N2O3S/c1-27-17-10-8-16(9-11-17)20-14-21(25)24(15-22(26)23-12-4-5-13-23)18-6-2-3-7-19(18)28-20/h2-3,6-11,20H,4-5,12-15H2,1H3. The molecule has 28 heavy (non-hydrogen) atoms. The molecule has 2 heterocycles. The fraction of sp³-hybridized carbons (Fsp3) is 0.364. The van der Waals surface area contributed by atoms with Gasteiger partial charge in [0, 0.05) is 29.7 Å². The molecule has 6 heteroatoms. The molecule has 5 nitrogen and oxygen atoms in total. The molecule has 2 aromatic rings. The quantitative estimate of drug-likeness (QED) is 0.787. The summed E-state index contributed by atoms with van der Waals surface area (Å²) in [5.41, 5.74) is 1.92. The van der Waals surface area contributed by atoms with Crippen LogP contribution in [0.1, 0.15) is 30.1 Å². The summed E-state index contributed by atoms with van der Waals surface area (Å²) < 4.78 is 5.24. The summed E-state index contributed by atoms with van der Waals surface area (Å²) in [6, 6.07) is 15.7. The van der Waals surface area contributed by atoms with Crippen LogP contribution in [0.4, 0.5) is 5.69 Å². The first-order valence-electron chi connectivity index (χ1n) is 9.63. The zero-order valence-electron chi connectivity index (χ0n) is 16.0. The number of methoxy groups -OCH3 is 1. The third-order valence-electron chi connectivity index (χ3n) is 5.33. The molecule has 4 rings (SSSR count). The lowest BCUT2D eigenvalue weighted by Crippen LogP contribution is -2.42. The topological polar surface area (TPSA) is 49.9 Å². The zero-order chi connectivity index (χ0) is 19.5. The van der Waals surface area contributed by atoms with Gasteiger partial charge in [0.2, 0.25) is 11.8 Å². The average Bonchev–Trinajstić information content (AvgIpc) is 3.23. The smallest absolute Gasteiger partial charge is 0.242 e. The van der Waals surface area contributed by atoms with Crippen molar-refractivity contribution in [3.05, 3.63) is 54.1 Å². The maximum Gasteiger partial charge on any atom is 0.242 e. The largest absolute Gasteiger partial charge is 0.497 e. The van der Waals surface area contributed by atoms with Gasteiger partial charge in [-0.2, -0.15) is 0 Å². The van der Waals surface area contributed by atoms with Crippen LogP contribution in [0.3, 0.4) is 0 Å². The lowest BCUT2D eigenvalue weighted by atomic mass is 10.1. The molecule has 2 aliphatic rings. The van der Waals surface area contributed by atoms with Crippen molar-refractivity contribution in [2.75, 3.05) is 31.6 Å². The number of thioether (sulfide) groups is 1. The summed E-state index contributed by atoms with van der Waals surface area (Å²) in [7, 11) is 1.64. The first kappa shape index (κ1) is 18.9. The van der Waals surface area contributed by atoms with Crippen LogP contribution < -0.4 is 9.64 Å². The Hall–Kier alpha value is -2.47. The Kier molecular flexibility index (Phi) is 5.57. The van der Waals surface area contributed by atoms with E-state index in [9.17, 15) is 9.59 Å². The summed E-state index contributed by atoms with van der Waals surface area (Å²) in [6.07, 6.45) is 2.45. The number of carbonyl (C=O) groups is 2. The maximum absolute atomic E-state index is 13.2. The average molecular weight is 397 g/mol. The SMILES string of the molecule is COc1ccc(C2CC(=O)N(CC(=O)N3CCCC3)c3ccccc3S2)cc1. The molecule has 0 aromatic heterocycles. The number of hydrogen-bond acceptors (Lipinski definition) is 4. The Morgan fingerprint density at radius 2 is 1.82 bits per heavy atom. The van der Waals surface area contributed by atoms with E-state index in [1.165, 1.54) is 0 Å². The molecule has 2 amide bonds. The summed E-state index contributed by atoms with van der Waals surface area (Å²) >= 11 is 1.68. The lowest BCUT2D eigenvalue weighted by Gasteiger charge is -2.25. The van der Waals surface area contributed by atoms with Crippen molar-refractivity contribution in [1.82, 2.24) is 4.90 Å². The van der Waals surface area contributed by atoms with Gasteiger partial charge in [-0.3, -0.25) is 9.59 Å². The molecular formula is C22H24N2O3S. The minimum atomic E-state index is -0.00850. The number of para-hydroxylation sites is 1. The number of amides is 2. The van der Waals surface area contributed by atoms with Crippen molar-refractivity contribution in [1.29, 1.82) is 0 Å². The second kappa shape index (κ2) is 8.27. The summed E-state index contributed by atoms with van der Waals surface area (Å²) in [4.78, 5) is 30.4. The van der Waals surface area contributed by atoms with E-state index >= 15 is 0 Å². The van der Waals surface area contributed by atoms with Gasteiger partial charge < -0.3 is 14.5 Å². The molecule has 1 fully saturated rings. The molecule has 0 spiro atoms. The lowest BCUT2D eigenvalue weighted by molar-refractivity contribution is -0.130. The number of benzene rings is 2. The highest BCUT2D eigenvalue weighted by atomic mass is 32.2. The predicted molar refractivity (Wildman–Crippen MR) is 111 cm³/mol. The van der Waals surface area contributed by atoms with Crippen molar-refractivity contribution in [3.8, 4) is 5.75 Å². The first-order valence-corrected chi connectivity index (χ1v) is 10.5. The van der Waals surface area contributed by atoms with Crippen molar-refractivity contribution >= 4 is 29.3 Å². The van der Waals surface area contributed by atoms with Gasteiger partial charge in [-0.1, -0.05) is 24.3 Å². The molecule has 1 unspecified atom stereocenters. The minimum Gasteiger partial charge on any atom is -0.497 e. The molecule has 0 aliphatic carbocycles. The van der Waals surface area contributed by atoms with Crippen molar-refractivity contribution < 1.29 is 14.3 Å². The van der Waals surface area contributed by atoms with Gasteiger partial charge in [0.1, 0.15) is 12.3 Å². The van der Waals surface area contributed by atoms with Crippen LogP contribution in [0.5, 0.6) is 5.75 Å². The van der Waals surface area contributed by atoms with Gasteiger partial charge >= 0.3 is 0 Å². The molecule has 2 aromatic carbocycles. The number of carbonyl (C=O) groups excluding carboxylic acids is 2. The molecule has 146 valence electrons. The van der Waals surface area contributed by atoms with Gasteiger partial charge in [-0.05, 0) is 42.7 Å². The monoisotopic (exact) mass is 396 g/mol. The van der Waals surface area contributed by atoms with E-state index in [4.69, 9.17) is 4.74 Å². The van der Waals surface area contributed by atoms with E-state index in [-0.39, 0.29) is 23.6 Å². The first-order chi connectivity index (χ1) is 13.7. The van der Waals surface area contributed by atoms with Crippen molar-refractivity contribution in [3.63, 3.8) is 0 Å². The number of anilines is 1. The van der Waals surface area contributed by atoms with Crippen molar-refractivity contribution in [2.24, 2.45) is 0 Å². The number of likely N-dealkylation sites (tertiary alicyclic amines) is 1. The van der Waals surface area contributed by atoms with Crippen LogP contribution >= 0.6 is 11.8 Å². The summed E-state index contributed by atoms with van der Waals surface area (Å²) in [6.45, 7) is 1.71. The van der Waals surface area contributed by atoms with Gasteiger partial charge in [0.15, 0.2) is 0 Å². The fourth-order valence-corrected chi connectivity index (χ4v) is 5.04. The molecule has 0 radical (unpaired) electrons. The highest BCUT2D eigenvalue weighted by molar-refractivity contribution is 7.99. The van der Waals surface area contributed by atoms with Crippen molar-refractivity contribution in [2.45, 2.75) is 29.4 Å². The molecule has 2 aliphatic heterocycles. The fourth-order valence-electron chi connectivity index (χ4n) is 3.76. The van der Waals surface area contributed by atoms with Crippen LogP contribution in [0.25, 0.3) is 0 Å². The summed E-state index contributed by atoms with van der Waals surface area (Å²) in [5, 5.41) is 0.00597. The van der Waals surface area contributed by atoms with Gasteiger partial charge in [0.05, 0.1) is 12.8 Å². The molecule has 1 saturated heterocycles. The Labute approximate surface area is 169 Å². The van der Waals surface area contributed by atoms with Crippen LogP contribution in [0, 0.1) is 0 Å². The third kappa shape index (κ3) is 3.87. The highest BCUT2D eigenvalue weighted by Gasteiger charge is 2.31. The second-order valence-electron chi connectivity index (χ2n) is 7.12. The Morgan fingerprint density at radius 1 is 1.11 bits per heavy atom. The van der Waals surface area contributed by atoms with E-state index in [0.29, 0.717) is 6.42 Å². The van der Waals surface area contributed by atoms with Gasteiger partial charge in [-0.15, -0.1) is 11.8 Å². The van der Waals surface area contributed by atoms with E-state index in [1.807, 2.05) is 53.4 Å². The van der Waals surface area contributed by atoms with Crippen LogP contribution in [-0.2, 0) is 9.59 Å². The minimum absolute atomic E-state index is 0.00597. The van der Waals surface area contributed by atoms with E-state index in [1.54, 1.807) is 23.8 Å².